The Bertz CT molecular complexity index is 1400. The van der Waals surface area contributed by atoms with Crippen LogP contribution in [0.2, 0.25) is 0 Å². The van der Waals surface area contributed by atoms with Crippen LogP contribution in [0.1, 0.15) is 16.1 Å². The number of aromatic nitrogens is 4. The van der Waals surface area contributed by atoms with Crippen molar-refractivity contribution in [1.82, 2.24) is 24.6 Å². The Labute approximate surface area is 180 Å². The van der Waals surface area contributed by atoms with E-state index in [-0.39, 0.29) is 30.8 Å². The minimum absolute atomic E-state index is 0.0563. The summed E-state index contributed by atoms with van der Waals surface area (Å²) in [5, 5.41) is 6.91. The molecule has 0 spiro atoms. The average molecular weight is 433 g/mol. The Morgan fingerprint density at radius 3 is 2.59 bits per heavy atom. The SMILES string of the molecule is O=C(NCCn1nc(-c2ccccc2)ccc1=O)c1c[nH]c(=O)n(Cc2ccco2)c1=O. The Hall–Kier alpha value is -4.47. The Kier molecular flexibility index (Phi) is 5.93. The summed E-state index contributed by atoms with van der Waals surface area (Å²) in [7, 11) is 0. The van der Waals surface area contributed by atoms with Crippen molar-refractivity contribution in [3.63, 3.8) is 0 Å². The van der Waals surface area contributed by atoms with Crippen LogP contribution in [0, 0.1) is 0 Å². The Morgan fingerprint density at radius 1 is 1.03 bits per heavy atom. The van der Waals surface area contributed by atoms with Gasteiger partial charge >= 0.3 is 5.69 Å². The van der Waals surface area contributed by atoms with Crippen LogP contribution < -0.4 is 22.1 Å². The molecule has 0 radical (unpaired) electrons. The molecule has 1 amide bonds. The first kappa shape index (κ1) is 20.8. The van der Waals surface area contributed by atoms with Gasteiger partial charge in [-0.3, -0.25) is 19.0 Å². The van der Waals surface area contributed by atoms with Gasteiger partial charge in [-0.25, -0.2) is 9.48 Å². The van der Waals surface area contributed by atoms with Gasteiger partial charge in [0.05, 0.1) is 25.0 Å². The van der Waals surface area contributed by atoms with E-state index in [0.29, 0.717) is 11.5 Å². The molecule has 0 saturated heterocycles. The van der Waals surface area contributed by atoms with E-state index in [1.807, 2.05) is 30.3 Å². The Morgan fingerprint density at radius 2 is 1.84 bits per heavy atom. The number of nitrogens with zero attached hydrogens (tertiary/aromatic N) is 3. The molecule has 0 aliphatic rings. The fraction of sp³-hybridized carbons (Fsp3) is 0.136. The maximum Gasteiger partial charge on any atom is 0.328 e. The summed E-state index contributed by atoms with van der Waals surface area (Å²) >= 11 is 0. The third kappa shape index (κ3) is 4.48. The van der Waals surface area contributed by atoms with Crippen molar-refractivity contribution < 1.29 is 9.21 Å². The van der Waals surface area contributed by atoms with E-state index in [4.69, 9.17) is 4.42 Å². The molecule has 3 aromatic heterocycles. The number of carbonyl (C=O) groups excluding carboxylic acids is 1. The van der Waals surface area contributed by atoms with Crippen molar-refractivity contribution in [3.8, 4) is 11.3 Å². The quantitative estimate of drug-likeness (QED) is 0.444. The van der Waals surface area contributed by atoms with Gasteiger partial charge in [0.15, 0.2) is 0 Å². The largest absolute Gasteiger partial charge is 0.467 e. The maximum absolute atomic E-state index is 12.6. The van der Waals surface area contributed by atoms with Crippen LogP contribution in [0.3, 0.4) is 0 Å². The second kappa shape index (κ2) is 9.13. The zero-order valence-electron chi connectivity index (χ0n) is 16.9. The van der Waals surface area contributed by atoms with Crippen LogP contribution in [0.4, 0.5) is 0 Å². The van der Waals surface area contributed by atoms with Crippen LogP contribution in [0.25, 0.3) is 11.3 Å². The molecule has 32 heavy (non-hydrogen) atoms. The topological polar surface area (TPSA) is 132 Å². The van der Waals surface area contributed by atoms with Gasteiger partial charge in [0.25, 0.3) is 17.0 Å². The van der Waals surface area contributed by atoms with Crippen LogP contribution in [-0.2, 0) is 13.1 Å². The van der Waals surface area contributed by atoms with Crippen molar-refractivity contribution in [2.75, 3.05) is 6.54 Å². The van der Waals surface area contributed by atoms with Gasteiger partial charge in [-0.2, -0.15) is 5.10 Å². The molecule has 2 N–H and O–H groups in total. The number of rotatable bonds is 7. The van der Waals surface area contributed by atoms with E-state index >= 15 is 0 Å². The molecule has 10 nitrogen and oxygen atoms in total. The number of nitrogens with one attached hydrogen (secondary N) is 2. The summed E-state index contributed by atoms with van der Waals surface area (Å²) in [6.07, 6.45) is 2.49. The molecule has 0 aliphatic carbocycles. The number of H-pyrrole nitrogens is 1. The van der Waals surface area contributed by atoms with E-state index in [1.54, 1.807) is 18.2 Å². The third-order valence-corrected chi connectivity index (χ3v) is 4.74. The van der Waals surface area contributed by atoms with Crippen LogP contribution in [-0.4, -0.2) is 31.8 Å². The first-order chi connectivity index (χ1) is 15.5. The number of amides is 1. The van der Waals surface area contributed by atoms with Gasteiger partial charge in [0.2, 0.25) is 0 Å². The lowest BCUT2D eigenvalue weighted by atomic mass is 10.1. The normalized spacial score (nSPS) is 10.8. The molecule has 0 bridgehead atoms. The van der Waals surface area contributed by atoms with Gasteiger partial charge in [-0.05, 0) is 18.2 Å². The molecular formula is C22H19N5O5. The van der Waals surface area contributed by atoms with Gasteiger partial charge < -0.3 is 14.7 Å². The highest BCUT2D eigenvalue weighted by atomic mass is 16.3. The standard InChI is InChI=1S/C22H19N5O5/c28-19-9-8-18(15-5-2-1-3-6-15)25-27(19)11-10-23-20(29)17-13-24-22(31)26(21(17)30)14-16-7-4-12-32-16/h1-9,12-13H,10-11,14H2,(H,23,29)(H,24,31). The van der Waals surface area contributed by atoms with Crippen molar-refractivity contribution in [1.29, 1.82) is 0 Å². The molecule has 0 fully saturated rings. The summed E-state index contributed by atoms with van der Waals surface area (Å²) in [6.45, 7) is 0.0593. The van der Waals surface area contributed by atoms with Crippen molar-refractivity contribution in [2.45, 2.75) is 13.1 Å². The van der Waals surface area contributed by atoms with Gasteiger partial charge in [0.1, 0.15) is 11.3 Å². The number of hydrogen-bond acceptors (Lipinski definition) is 6. The molecule has 4 rings (SSSR count). The summed E-state index contributed by atoms with van der Waals surface area (Å²) in [6, 6.07) is 15.7. The smallest absolute Gasteiger partial charge is 0.328 e. The third-order valence-electron chi connectivity index (χ3n) is 4.74. The molecule has 10 heteroatoms. The minimum Gasteiger partial charge on any atom is -0.467 e. The molecule has 3 heterocycles. The van der Waals surface area contributed by atoms with E-state index in [9.17, 15) is 19.2 Å². The highest BCUT2D eigenvalue weighted by Gasteiger charge is 2.15. The van der Waals surface area contributed by atoms with Gasteiger partial charge in [-0.15, -0.1) is 0 Å². The highest BCUT2D eigenvalue weighted by molar-refractivity contribution is 5.93. The molecular weight excluding hydrogens is 414 g/mol. The van der Waals surface area contributed by atoms with Gasteiger partial charge in [-0.1, -0.05) is 30.3 Å². The molecule has 0 unspecified atom stereocenters. The molecule has 1 aromatic carbocycles. The van der Waals surface area contributed by atoms with E-state index in [2.05, 4.69) is 15.4 Å². The zero-order valence-corrected chi connectivity index (χ0v) is 16.9. The molecule has 0 atom stereocenters. The molecule has 0 saturated carbocycles. The van der Waals surface area contributed by atoms with E-state index in [1.165, 1.54) is 17.0 Å². The first-order valence-electron chi connectivity index (χ1n) is 9.79. The van der Waals surface area contributed by atoms with Crippen LogP contribution in [0.15, 0.2) is 85.9 Å². The zero-order chi connectivity index (χ0) is 22.5. The number of benzene rings is 1. The predicted octanol–water partition coefficient (Wildman–Crippen LogP) is 0.832. The Balaban J connectivity index is 1.46. The molecule has 162 valence electrons. The average Bonchev–Trinajstić information content (AvgIpc) is 3.32. The van der Waals surface area contributed by atoms with Crippen molar-refractivity contribution >= 4 is 5.91 Å². The lowest BCUT2D eigenvalue weighted by molar-refractivity contribution is 0.0949. The van der Waals surface area contributed by atoms with Crippen LogP contribution in [0.5, 0.6) is 0 Å². The number of hydrogen-bond donors (Lipinski definition) is 2. The fourth-order valence-corrected chi connectivity index (χ4v) is 3.12. The number of carbonyl (C=O) groups is 1. The summed E-state index contributed by atoms with van der Waals surface area (Å²) in [5.74, 6) is -0.273. The summed E-state index contributed by atoms with van der Waals surface area (Å²) in [5.41, 5.74) is -0.465. The monoisotopic (exact) mass is 433 g/mol. The second-order valence-electron chi connectivity index (χ2n) is 6.88. The summed E-state index contributed by atoms with van der Waals surface area (Å²) in [4.78, 5) is 51.7. The summed E-state index contributed by atoms with van der Waals surface area (Å²) < 4.78 is 7.28. The maximum atomic E-state index is 12.6. The van der Waals surface area contributed by atoms with E-state index in [0.717, 1.165) is 16.3 Å². The van der Waals surface area contributed by atoms with Crippen molar-refractivity contribution in [2.24, 2.45) is 0 Å². The minimum atomic E-state index is -0.746. The molecule has 0 aliphatic heterocycles. The lowest BCUT2D eigenvalue weighted by Gasteiger charge is -2.09. The van der Waals surface area contributed by atoms with Crippen LogP contribution >= 0.6 is 0 Å². The number of furan rings is 1. The first-order valence-corrected chi connectivity index (χ1v) is 9.79. The fourth-order valence-electron chi connectivity index (χ4n) is 3.12. The van der Waals surface area contributed by atoms with Gasteiger partial charge in [0, 0.05) is 24.4 Å². The lowest BCUT2D eigenvalue weighted by Crippen LogP contribution is -2.41. The molecule has 4 aromatic rings. The second-order valence-corrected chi connectivity index (χ2v) is 6.88. The predicted molar refractivity (Wildman–Crippen MR) is 115 cm³/mol. The van der Waals surface area contributed by atoms with Crippen molar-refractivity contribution in [3.05, 3.63) is 110 Å². The highest BCUT2D eigenvalue weighted by Crippen LogP contribution is 2.13. The number of aromatic amines is 1. The van der Waals surface area contributed by atoms with E-state index < -0.39 is 17.2 Å².